The van der Waals surface area contributed by atoms with E-state index in [0.717, 1.165) is 28.1 Å². The Bertz CT molecular complexity index is 964. The lowest BCUT2D eigenvalue weighted by atomic mass is 10.0. The summed E-state index contributed by atoms with van der Waals surface area (Å²) in [6.07, 6.45) is 0. The highest BCUT2D eigenvalue weighted by molar-refractivity contribution is 8.00. The molecule has 4 nitrogen and oxygen atoms in total. The fraction of sp³-hybridized carbons (Fsp3) is 0.200. The predicted molar refractivity (Wildman–Crippen MR) is 102 cm³/mol. The first-order chi connectivity index (χ1) is 12.5. The third-order valence-electron chi connectivity index (χ3n) is 4.46. The van der Waals surface area contributed by atoms with Crippen LogP contribution in [0.3, 0.4) is 0 Å². The lowest BCUT2D eigenvalue weighted by molar-refractivity contribution is -0.113. The highest BCUT2D eigenvalue weighted by atomic mass is 32.2. The number of aryl methyl sites for hydroxylation is 2. The fourth-order valence-electron chi connectivity index (χ4n) is 3.16. The van der Waals surface area contributed by atoms with Gasteiger partial charge in [0.1, 0.15) is 11.6 Å². The maximum atomic E-state index is 13.3. The van der Waals surface area contributed by atoms with Gasteiger partial charge in [-0.05, 0) is 43.7 Å². The average molecular weight is 367 g/mol. The van der Waals surface area contributed by atoms with E-state index in [1.165, 1.54) is 23.9 Å². The number of amides is 1. The first-order valence-corrected chi connectivity index (χ1v) is 9.41. The summed E-state index contributed by atoms with van der Waals surface area (Å²) in [7, 11) is 0. The second kappa shape index (κ2) is 6.61. The summed E-state index contributed by atoms with van der Waals surface area (Å²) in [5.41, 5.74) is 4.83. The minimum atomic E-state index is -0.270. The smallest absolute Gasteiger partial charge is 0.235 e. The lowest BCUT2D eigenvalue weighted by Crippen LogP contribution is -2.15. The second-order valence-electron chi connectivity index (χ2n) is 6.39. The average Bonchev–Trinajstić information content (AvgIpc) is 2.83. The summed E-state index contributed by atoms with van der Waals surface area (Å²) in [6.45, 7) is 3.97. The van der Waals surface area contributed by atoms with Crippen LogP contribution in [-0.4, -0.2) is 21.4 Å². The molecule has 26 heavy (non-hydrogen) atoms. The summed E-state index contributed by atoms with van der Waals surface area (Å²) < 4.78 is 15.1. The molecule has 0 fully saturated rings. The van der Waals surface area contributed by atoms with E-state index in [4.69, 9.17) is 0 Å². The molecule has 1 amide bonds. The molecule has 0 unspecified atom stereocenters. The molecule has 0 radical (unpaired) electrons. The Kier molecular flexibility index (Phi) is 4.28. The highest BCUT2D eigenvalue weighted by Gasteiger charge is 2.30. The molecular weight excluding hydrogens is 349 g/mol. The van der Waals surface area contributed by atoms with Gasteiger partial charge in [-0.15, -0.1) is 11.8 Å². The Hall–Kier alpha value is -2.60. The van der Waals surface area contributed by atoms with Gasteiger partial charge in [-0.25, -0.2) is 9.07 Å². The number of rotatable bonds is 2. The highest BCUT2D eigenvalue weighted by Crippen LogP contribution is 2.43. The van der Waals surface area contributed by atoms with E-state index in [-0.39, 0.29) is 17.0 Å². The van der Waals surface area contributed by atoms with Crippen LogP contribution >= 0.6 is 11.8 Å². The molecule has 2 aromatic carbocycles. The van der Waals surface area contributed by atoms with Crippen LogP contribution in [0.25, 0.3) is 5.69 Å². The molecule has 6 heteroatoms. The molecule has 0 aliphatic carbocycles. The van der Waals surface area contributed by atoms with Crippen molar-refractivity contribution in [2.24, 2.45) is 0 Å². The van der Waals surface area contributed by atoms with Gasteiger partial charge in [0.2, 0.25) is 5.91 Å². The van der Waals surface area contributed by atoms with Crippen molar-refractivity contribution in [1.29, 1.82) is 0 Å². The van der Waals surface area contributed by atoms with Crippen LogP contribution in [0.1, 0.15) is 27.6 Å². The number of carbonyl (C=O) groups excluding carboxylic acids is 1. The van der Waals surface area contributed by atoms with E-state index in [2.05, 4.69) is 10.4 Å². The molecule has 2 heterocycles. The zero-order chi connectivity index (χ0) is 18.3. The second-order valence-corrected chi connectivity index (χ2v) is 7.48. The molecule has 132 valence electrons. The molecule has 3 aromatic rings. The van der Waals surface area contributed by atoms with E-state index in [9.17, 15) is 9.18 Å². The van der Waals surface area contributed by atoms with Gasteiger partial charge in [0, 0.05) is 5.56 Å². The first-order valence-electron chi connectivity index (χ1n) is 8.36. The van der Waals surface area contributed by atoms with E-state index in [1.54, 1.807) is 16.8 Å². The van der Waals surface area contributed by atoms with Gasteiger partial charge in [-0.1, -0.05) is 29.8 Å². The number of benzene rings is 2. The summed E-state index contributed by atoms with van der Waals surface area (Å²) in [5, 5.41) is 7.60. The number of nitrogens with one attached hydrogen (secondary N) is 1. The van der Waals surface area contributed by atoms with E-state index >= 15 is 0 Å². The van der Waals surface area contributed by atoms with E-state index in [0.29, 0.717) is 11.6 Å². The molecule has 1 aromatic heterocycles. The molecule has 0 bridgehead atoms. The van der Waals surface area contributed by atoms with Gasteiger partial charge < -0.3 is 5.32 Å². The lowest BCUT2D eigenvalue weighted by Gasteiger charge is -2.15. The third-order valence-corrected chi connectivity index (χ3v) is 5.73. The molecular formula is C20H18FN3OS. The van der Waals surface area contributed by atoms with E-state index < -0.39 is 0 Å². The molecule has 0 saturated carbocycles. The molecule has 1 aliphatic heterocycles. The van der Waals surface area contributed by atoms with Crippen molar-refractivity contribution in [3.05, 3.63) is 76.7 Å². The molecule has 1 N–H and O–H groups in total. The van der Waals surface area contributed by atoms with Crippen LogP contribution in [0.4, 0.5) is 10.2 Å². The normalized spacial score (nSPS) is 16.7. The number of hydrogen-bond donors (Lipinski definition) is 1. The Balaban J connectivity index is 1.87. The minimum Gasteiger partial charge on any atom is -0.310 e. The van der Waals surface area contributed by atoms with Crippen molar-refractivity contribution in [3.8, 4) is 5.69 Å². The van der Waals surface area contributed by atoms with Crippen molar-refractivity contribution < 1.29 is 9.18 Å². The molecule has 4 rings (SSSR count). The predicted octanol–water partition coefficient (Wildman–Crippen LogP) is 4.40. The van der Waals surface area contributed by atoms with Crippen molar-refractivity contribution in [2.75, 3.05) is 11.1 Å². The quantitative estimate of drug-likeness (QED) is 0.730. The molecule has 1 aliphatic rings. The van der Waals surface area contributed by atoms with Crippen LogP contribution in [0.2, 0.25) is 0 Å². The Morgan fingerprint density at radius 3 is 2.50 bits per heavy atom. The topological polar surface area (TPSA) is 46.9 Å². The summed E-state index contributed by atoms with van der Waals surface area (Å²) in [6, 6.07) is 14.5. The fourth-order valence-corrected chi connectivity index (χ4v) is 4.35. The van der Waals surface area contributed by atoms with Gasteiger partial charge in [0.05, 0.1) is 22.4 Å². The van der Waals surface area contributed by atoms with Gasteiger partial charge >= 0.3 is 0 Å². The maximum Gasteiger partial charge on any atom is 0.235 e. The molecule has 0 spiro atoms. The van der Waals surface area contributed by atoms with Crippen molar-refractivity contribution in [1.82, 2.24) is 9.78 Å². The van der Waals surface area contributed by atoms with Crippen LogP contribution in [0, 0.1) is 19.7 Å². The van der Waals surface area contributed by atoms with Gasteiger partial charge in [0.15, 0.2) is 0 Å². The number of aromatic nitrogens is 2. The van der Waals surface area contributed by atoms with Gasteiger partial charge in [-0.3, -0.25) is 4.79 Å². The van der Waals surface area contributed by atoms with Crippen molar-refractivity contribution >= 4 is 23.5 Å². The summed E-state index contributed by atoms with van der Waals surface area (Å²) >= 11 is 1.53. The van der Waals surface area contributed by atoms with Gasteiger partial charge in [0.25, 0.3) is 0 Å². The zero-order valence-electron chi connectivity index (χ0n) is 14.5. The molecule has 0 saturated heterocycles. The number of carbonyl (C=O) groups is 1. The van der Waals surface area contributed by atoms with Crippen LogP contribution in [0.15, 0.2) is 48.5 Å². The number of fused-ring (bicyclic) bond motifs is 1. The Labute approximate surface area is 155 Å². The maximum absolute atomic E-state index is 13.3. The minimum absolute atomic E-state index is 0.0610. The number of nitrogens with zero attached hydrogens (tertiary/aromatic N) is 2. The van der Waals surface area contributed by atoms with Crippen LogP contribution in [-0.2, 0) is 4.79 Å². The standard InChI is InChI=1S/C20H18FN3OS/c1-12-3-9-16(10-4-12)24-20-18(13(2)23-24)19(26-11-17(25)22-20)14-5-7-15(21)8-6-14/h3-10,19H,11H2,1-2H3,(H,22,25)/t19-/m1/s1. The Morgan fingerprint density at radius 2 is 1.81 bits per heavy atom. The largest absolute Gasteiger partial charge is 0.310 e. The van der Waals surface area contributed by atoms with Gasteiger partial charge in [-0.2, -0.15) is 5.10 Å². The monoisotopic (exact) mass is 367 g/mol. The van der Waals surface area contributed by atoms with E-state index in [1.807, 2.05) is 38.1 Å². The number of thioether (sulfide) groups is 1. The number of anilines is 1. The Morgan fingerprint density at radius 1 is 1.12 bits per heavy atom. The summed E-state index contributed by atoms with van der Waals surface area (Å²) in [5.74, 6) is 0.697. The number of halogens is 1. The first kappa shape index (κ1) is 16.8. The van der Waals surface area contributed by atoms with Crippen molar-refractivity contribution in [2.45, 2.75) is 19.1 Å². The van der Waals surface area contributed by atoms with Crippen LogP contribution in [0.5, 0.6) is 0 Å². The van der Waals surface area contributed by atoms with Crippen molar-refractivity contribution in [3.63, 3.8) is 0 Å². The van der Waals surface area contributed by atoms with Crippen LogP contribution < -0.4 is 5.32 Å². The number of hydrogen-bond acceptors (Lipinski definition) is 3. The zero-order valence-corrected chi connectivity index (χ0v) is 15.3. The third kappa shape index (κ3) is 3.01. The SMILES string of the molecule is Cc1ccc(-n2nc(C)c3c2NC(=O)CS[C@@H]3c2ccc(F)cc2)cc1. The molecule has 1 atom stereocenters. The summed E-state index contributed by atoms with van der Waals surface area (Å²) in [4.78, 5) is 12.3.